The van der Waals surface area contributed by atoms with E-state index in [1.54, 1.807) is 18.2 Å². The third kappa shape index (κ3) is 3.22. The molecule has 2 atom stereocenters. The summed E-state index contributed by atoms with van der Waals surface area (Å²) in [5.41, 5.74) is 6.63. The summed E-state index contributed by atoms with van der Waals surface area (Å²) in [4.78, 5) is 2.27. The van der Waals surface area contributed by atoms with Crippen LogP contribution in [0, 0.1) is 11.7 Å². The highest BCUT2D eigenvalue weighted by atomic mass is 35.5. The number of piperidine rings is 1. The minimum atomic E-state index is -0.290. The van der Waals surface area contributed by atoms with Crippen LogP contribution in [0.1, 0.15) is 25.3 Å². The van der Waals surface area contributed by atoms with E-state index in [4.69, 9.17) is 17.3 Å². The maximum atomic E-state index is 13.8. The largest absolute Gasteiger partial charge is 0.328 e. The first kappa shape index (κ1) is 13.8. The van der Waals surface area contributed by atoms with Crippen LogP contribution in [-0.4, -0.2) is 24.0 Å². The maximum absolute atomic E-state index is 13.8. The van der Waals surface area contributed by atoms with Gasteiger partial charge < -0.3 is 5.73 Å². The van der Waals surface area contributed by atoms with Crippen LogP contribution in [0.5, 0.6) is 0 Å². The fourth-order valence-corrected chi connectivity index (χ4v) is 2.77. The molecule has 1 aromatic rings. The van der Waals surface area contributed by atoms with Gasteiger partial charge in [-0.05, 0) is 38.3 Å². The molecule has 1 aliphatic rings. The summed E-state index contributed by atoms with van der Waals surface area (Å²) in [6.07, 6.45) is 2.31. The number of hydrogen-bond acceptors (Lipinski definition) is 2. The molecule has 1 aromatic carbocycles. The van der Waals surface area contributed by atoms with Crippen molar-refractivity contribution in [3.05, 3.63) is 34.6 Å². The van der Waals surface area contributed by atoms with Crippen molar-refractivity contribution in [3.8, 4) is 0 Å². The molecule has 0 saturated carbocycles. The van der Waals surface area contributed by atoms with E-state index in [-0.39, 0.29) is 16.9 Å². The molecule has 0 spiro atoms. The van der Waals surface area contributed by atoms with Crippen LogP contribution in [0.2, 0.25) is 5.02 Å². The molecule has 2 nitrogen and oxygen atoms in total. The average Bonchev–Trinajstić information content (AvgIpc) is 2.35. The Morgan fingerprint density at radius 3 is 3.06 bits per heavy atom. The summed E-state index contributed by atoms with van der Waals surface area (Å²) in [6, 6.07) is 5.39. The Kier molecular flexibility index (Phi) is 4.60. The van der Waals surface area contributed by atoms with E-state index in [0.29, 0.717) is 18.0 Å². The molecule has 2 unspecified atom stereocenters. The molecule has 0 bridgehead atoms. The zero-order valence-electron chi connectivity index (χ0n) is 10.7. The van der Waals surface area contributed by atoms with Gasteiger partial charge in [0.1, 0.15) is 5.82 Å². The van der Waals surface area contributed by atoms with Gasteiger partial charge in [-0.2, -0.15) is 0 Å². The van der Waals surface area contributed by atoms with Crippen molar-refractivity contribution < 1.29 is 4.39 Å². The van der Waals surface area contributed by atoms with E-state index in [9.17, 15) is 4.39 Å². The molecule has 100 valence electrons. The van der Waals surface area contributed by atoms with Crippen molar-refractivity contribution in [1.82, 2.24) is 4.90 Å². The van der Waals surface area contributed by atoms with Crippen LogP contribution < -0.4 is 5.73 Å². The Balaban J connectivity index is 2.03. The quantitative estimate of drug-likeness (QED) is 0.915. The summed E-state index contributed by atoms with van der Waals surface area (Å²) < 4.78 is 13.8. The fourth-order valence-electron chi connectivity index (χ4n) is 2.58. The predicted octanol–water partition coefficient (Wildman–Crippen LogP) is 3.04. The Hall–Kier alpha value is -0.640. The Bertz CT molecular complexity index is 409. The lowest BCUT2D eigenvalue weighted by atomic mass is 9.92. The highest BCUT2D eigenvalue weighted by Gasteiger charge is 2.23. The minimum Gasteiger partial charge on any atom is -0.328 e. The van der Waals surface area contributed by atoms with E-state index >= 15 is 0 Å². The number of halogens is 2. The van der Waals surface area contributed by atoms with E-state index in [1.165, 1.54) is 6.42 Å². The van der Waals surface area contributed by atoms with Gasteiger partial charge in [0.15, 0.2) is 0 Å². The summed E-state index contributed by atoms with van der Waals surface area (Å²) in [5.74, 6) is 0.225. The second-order valence-electron chi connectivity index (χ2n) is 5.21. The van der Waals surface area contributed by atoms with Crippen molar-refractivity contribution in [2.75, 3.05) is 13.1 Å². The first-order valence-corrected chi connectivity index (χ1v) is 6.86. The molecule has 1 fully saturated rings. The third-order valence-corrected chi connectivity index (χ3v) is 4.00. The SMILES string of the molecule is CC(N)C1CCCN(Cc2cccc(Cl)c2F)C1. The molecule has 0 radical (unpaired) electrons. The van der Waals surface area contributed by atoms with Gasteiger partial charge in [0.25, 0.3) is 0 Å². The standard InChI is InChI=1S/C14H20ClFN2/c1-10(17)11-5-3-7-18(8-11)9-12-4-2-6-13(15)14(12)16/h2,4,6,10-11H,3,5,7-9,17H2,1H3. The monoisotopic (exact) mass is 270 g/mol. The molecule has 2 N–H and O–H groups in total. The summed E-state index contributed by atoms with van der Waals surface area (Å²) in [7, 11) is 0. The van der Waals surface area contributed by atoms with Crippen LogP contribution in [0.25, 0.3) is 0 Å². The fraction of sp³-hybridized carbons (Fsp3) is 0.571. The van der Waals surface area contributed by atoms with E-state index in [2.05, 4.69) is 4.90 Å². The number of nitrogens with two attached hydrogens (primary N) is 1. The normalized spacial score (nSPS) is 23.0. The van der Waals surface area contributed by atoms with Crippen molar-refractivity contribution in [1.29, 1.82) is 0 Å². The first-order chi connectivity index (χ1) is 8.58. The molecular weight excluding hydrogens is 251 g/mol. The Morgan fingerprint density at radius 2 is 2.33 bits per heavy atom. The molecular formula is C14H20ClFN2. The Morgan fingerprint density at radius 1 is 1.56 bits per heavy atom. The number of rotatable bonds is 3. The van der Waals surface area contributed by atoms with Crippen LogP contribution >= 0.6 is 11.6 Å². The van der Waals surface area contributed by atoms with Crippen LogP contribution in [-0.2, 0) is 6.54 Å². The van der Waals surface area contributed by atoms with Crippen molar-refractivity contribution in [2.45, 2.75) is 32.4 Å². The van der Waals surface area contributed by atoms with E-state index in [0.717, 1.165) is 19.5 Å². The first-order valence-electron chi connectivity index (χ1n) is 6.48. The van der Waals surface area contributed by atoms with Gasteiger partial charge in [0.2, 0.25) is 0 Å². The second-order valence-corrected chi connectivity index (χ2v) is 5.62. The molecule has 2 rings (SSSR count). The summed E-state index contributed by atoms with van der Waals surface area (Å²) in [6.45, 7) is 4.63. The molecule has 0 amide bonds. The molecule has 1 saturated heterocycles. The molecule has 0 aromatic heterocycles. The van der Waals surface area contributed by atoms with Gasteiger partial charge in [-0.3, -0.25) is 4.90 Å². The zero-order chi connectivity index (χ0) is 13.1. The van der Waals surface area contributed by atoms with Crippen molar-refractivity contribution >= 4 is 11.6 Å². The van der Waals surface area contributed by atoms with E-state index in [1.807, 2.05) is 6.92 Å². The highest BCUT2D eigenvalue weighted by Crippen LogP contribution is 2.23. The molecule has 0 aliphatic carbocycles. The smallest absolute Gasteiger partial charge is 0.146 e. The average molecular weight is 271 g/mol. The Labute approximate surface area is 113 Å². The van der Waals surface area contributed by atoms with Crippen LogP contribution in [0.4, 0.5) is 4.39 Å². The van der Waals surface area contributed by atoms with Gasteiger partial charge in [-0.1, -0.05) is 23.7 Å². The molecule has 1 heterocycles. The maximum Gasteiger partial charge on any atom is 0.146 e. The van der Waals surface area contributed by atoms with E-state index < -0.39 is 0 Å². The summed E-state index contributed by atoms with van der Waals surface area (Å²) in [5, 5.41) is 0.202. The summed E-state index contributed by atoms with van der Waals surface area (Å²) >= 11 is 5.80. The van der Waals surface area contributed by atoms with Crippen molar-refractivity contribution in [2.24, 2.45) is 11.7 Å². The van der Waals surface area contributed by atoms with Crippen LogP contribution in [0.15, 0.2) is 18.2 Å². The second kappa shape index (κ2) is 6.00. The van der Waals surface area contributed by atoms with Gasteiger partial charge in [-0.15, -0.1) is 0 Å². The topological polar surface area (TPSA) is 29.3 Å². The third-order valence-electron chi connectivity index (χ3n) is 3.71. The number of nitrogens with zero attached hydrogens (tertiary/aromatic N) is 1. The zero-order valence-corrected chi connectivity index (χ0v) is 11.5. The molecule has 18 heavy (non-hydrogen) atoms. The lowest BCUT2D eigenvalue weighted by molar-refractivity contribution is 0.153. The van der Waals surface area contributed by atoms with Gasteiger partial charge in [-0.25, -0.2) is 4.39 Å². The minimum absolute atomic E-state index is 0.202. The molecule has 4 heteroatoms. The lowest BCUT2D eigenvalue weighted by Crippen LogP contribution is -2.42. The van der Waals surface area contributed by atoms with Gasteiger partial charge in [0, 0.05) is 24.7 Å². The predicted molar refractivity (Wildman–Crippen MR) is 73.1 cm³/mol. The van der Waals surface area contributed by atoms with Crippen molar-refractivity contribution in [3.63, 3.8) is 0 Å². The number of benzene rings is 1. The van der Waals surface area contributed by atoms with Gasteiger partial charge >= 0.3 is 0 Å². The van der Waals surface area contributed by atoms with Gasteiger partial charge in [0.05, 0.1) is 5.02 Å². The van der Waals surface area contributed by atoms with Crippen LogP contribution in [0.3, 0.4) is 0 Å². The highest BCUT2D eigenvalue weighted by molar-refractivity contribution is 6.30. The number of likely N-dealkylation sites (tertiary alicyclic amines) is 1. The molecule has 1 aliphatic heterocycles. The lowest BCUT2D eigenvalue weighted by Gasteiger charge is -2.34. The number of hydrogen-bond donors (Lipinski definition) is 1.